The molecule has 0 radical (unpaired) electrons. The lowest BCUT2D eigenvalue weighted by Gasteiger charge is -2.19. The molecule has 6 heteroatoms. The Morgan fingerprint density at radius 3 is 2.78 bits per heavy atom. The molecular formula is C12H15N3O2S. The quantitative estimate of drug-likeness (QED) is 0.664. The Morgan fingerprint density at radius 2 is 2.22 bits per heavy atom. The third-order valence-corrected chi connectivity index (χ3v) is 2.67. The number of rotatable bonds is 3. The van der Waals surface area contributed by atoms with Crippen molar-refractivity contribution in [1.82, 2.24) is 4.98 Å². The molecule has 0 aliphatic carbocycles. The van der Waals surface area contributed by atoms with Crippen molar-refractivity contribution in [3.05, 3.63) is 17.8 Å². The van der Waals surface area contributed by atoms with Crippen LogP contribution in [0.15, 0.2) is 17.2 Å². The Kier molecular flexibility index (Phi) is 4.56. The van der Waals surface area contributed by atoms with Gasteiger partial charge in [-0.2, -0.15) is 5.26 Å². The van der Waals surface area contributed by atoms with Crippen LogP contribution in [0.1, 0.15) is 26.5 Å². The van der Waals surface area contributed by atoms with Gasteiger partial charge in [0.2, 0.25) is 0 Å². The summed E-state index contributed by atoms with van der Waals surface area (Å²) < 4.78 is 5.16. The molecule has 0 saturated carbocycles. The number of nitriles is 1. The number of nitrogens with two attached hydrogens (primary N) is 1. The van der Waals surface area contributed by atoms with E-state index in [4.69, 9.17) is 15.7 Å². The second kappa shape index (κ2) is 5.74. The van der Waals surface area contributed by atoms with Crippen LogP contribution in [0.2, 0.25) is 0 Å². The van der Waals surface area contributed by atoms with Gasteiger partial charge < -0.3 is 10.5 Å². The number of nitrogens with zero attached hydrogens (tertiary/aromatic N) is 2. The van der Waals surface area contributed by atoms with Crippen molar-refractivity contribution in [1.29, 1.82) is 5.26 Å². The fourth-order valence-electron chi connectivity index (χ4n) is 1.13. The van der Waals surface area contributed by atoms with Crippen LogP contribution in [0.3, 0.4) is 0 Å². The van der Waals surface area contributed by atoms with Crippen molar-refractivity contribution < 1.29 is 9.53 Å². The predicted octanol–water partition coefficient (Wildman–Crippen LogP) is 1.97. The molecule has 0 spiro atoms. The van der Waals surface area contributed by atoms with Gasteiger partial charge in [-0.15, -0.1) is 0 Å². The number of esters is 1. The first kappa shape index (κ1) is 14.3. The number of anilines is 1. The predicted molar refractivity (Wildman–Crippen MR) is 69.9 cm³/mol. The molecule has 1 rings (SSSR count). The highest BCUT2D eigenvalue weighted by molar-refractivity contribution is 7.99. The number of nitrogen functional groups attached to an aromatic ring is 1. The van der Waals surface area contributed by atoms with Gasteiger partial charge in [0.15, 0.2) is 5.69 Å². The molecule has 18 heavy (non-hydrogen) atoms. The first-order valence-corrected chi connectivity index (χ1v) is 6.31. The monoisotopic (exact) mass is 265 g/mol. The van der Waals surface area contributed by atoms with Crippen molar-refractivity contribution in [3.8, 4) is 6.07 Å². The van der Waals surface area contributed by atoms with Gasteiger partial charge in [0.25, 0.3) is 0 Å². The minimum absolute atomic E-state index is 0.152. The van der Waals surface area contributed by atoms with E-state index >= 15 is 0 Å². The summed E-state index contributed by atoms with van der Waals surface area (Å²) in [5, 5.41) is 9.36. The molecule has 96 valence electrons. The summed E-state index contributed by atoms with van der Waals surface area (Å²) in [4.78, 5) is 15.5. The van der Waals surface area contributed by atoms with E-state index < -0.39 is 5.60 Å². The number of aromatic nitrogens is 1. The van der Waals surface area contributed by atoms with Crippen LogP contribution < -0.4 is 5.73 Å². The van der Waals surface area contributed by atoms with Crippen LogP contribution in [0, 0.1) is 11.3 Å². The van der Waals surface area contributed by atoms with Gasteiger partial charge in [0.05, 0.1) is 16.5 Å². The lowest BCUT2D eigenvalue weighted by Crippen LogP contribution is -2.24. The first-order valence-electron chi connectivity index (χ1n) is 5.33. The number of hydrogen-bond donors (Lipinski definition) is 1. The van der Waals surface area contributed by atoms with Crippen LogP contribution in [-0.2, 0) is 9.53 Å². The van der Waals surface area contributed by atoms with E-state index in [-0.39, 0.29) is 17.4 Å². The highest BCUT2D eigenvalue weighted by Crippen LogP contribution is 2.19. The summed E-state index contributed by atoms with van der Waals surface area (Å²) in [6.07, 6.45) is 0. The highest BCUT2D eigenvalue weighted by atomic mass is 32.2. The highest BCUT2D eigenvalue weighted by Gasteiger charge is 2.16. The fraction of sp³-hybridized carbons (Fsp3) is 0.417. The maximum absolute atomic E-state index is 11.5. The molecule has 1 aromatic rings. The van der Waals surface area contributed by atoms with Gasteiger partial charge in [-0.25, -0.2) is 4.98 Å². The van der Waals surface area contributed by atoms with Gasteiger partial charge in [-0.1, -0.05) is 11.8 Å². The van der Waals surface area contributed by atoms with Gasteiger partial charge in [-0.3, -0.25) is 4.79 Å². The Morgan fingerprint density at radius 1 is 1.56 bits per heavy atom. The molecule has 1 heterocycles. The van der Waals surface area contributed by atoms with Crippen LogP contribution in [0.25, 0.3) is 0 Å². The molecule has 5 nitrogen and oxygen atoms in total. The molecule has 0 amide bonds. The molecule has 0 saturated heterocycles. The number of hydrogen-bond acceptors (Lipinski definition) is 6. The largest absolute Gasteiger partial charge is 0.459 e. The molecule has 2 N–H and O–H groups in total. The third-order valence-electron chi connectivity index (χ3n) is 1.76. The van der Waals surface area contributed by atoms with E-state index in [2.05, 4.69) is 4.98 Å². The average Bonchev–Trinajstić information content (AvgIpc) is 2.25. The van der Waals surface area contributed by atoms with Gasteiger partial charge in [0, 0.05) is 0 Å². The number of carbonyl (C=O) groups excluding carboxylic acids is 1. The summed E-state index contributed by atoms with van der Waals surface area (Å²) in [5.74, 6) is -0.163. The molecule has 0 bridgehead atoms. The number of carbonyl (C=O) groups is 1. The minimum Gasteiger partial charge on any atom is -0.459 e. The van der Waals surface area contributed by atoms with Crippen molar-refractivity contribution in [2.24, 2.45) is 0 Å². The Bertz CT molecular complexity index is 489. The summed E-state index contributed by atoms with van der Waals surface area (Å²) in [6, 6.07) is 5.17. The summed E-state index contributed by atoms with van der Waals surface area (Å²) in [5.41, 5.74) is 5.56. The number of thioether (sulfide) groups is 1. The van der Waals surface area contributed by atoms with Crippen LogP contribution >= 0.6 is 11.8 Å². The Hall–Kier alpha value is -1.74. The zero-order valence-corrected chi connectivity index (χ0v) is 11.4. The molecule has 0 unspecified atom stereocenters. The fourth-order valence-corrected chi connectivity index (χ4v) is 1.77. The van der Waals surface area contributed by atoms with Crippen LogP contribution in [-0.4, -0.2) is 22.3 Å². The van der Waals surface area contributed by atoms with Gasteiger partial charge >= 0.3 is 5.97 Å². The first-order chi connectivity index (χ1) is 8.31. The normalized spacial score (nSPS) is 10.8. The van der Waals surface area contributed by atoms with Crippen LogP contribution in [0.4, 0.5) is 5.69 Å². The Balaban J connectivity index is 2.60. The molecule has 1 aromatic heterocycles. The second-order valence-electron chi connectivity index (χ2n) is 4.57. The summed E-state index contributed by atoms with van der Waals surface area (Å²) >= 11 is 1.22. The third kappa shape index (κ3) is 4.63. The maximum atomic E-state index is 11.5. The van der Waals surface area contributed by atoms with Crippen molar-refractivity contribution in [3.63, 3.8) is 0 Å². The smallest absolute Gasteiger partial charge is 0.316 e. The van der Waals surface area contributed by atoms with E-state index in [0.29, 0.717) is 10.7 Å². The SMILES string of the molecule is CC(C)(C)OC(=O)CSc1ccc(N)c(C#N)n1. The number of pyridine rings is 1. The topological polar surface area (TPSA) is 89.0 Å². The zero-order valence-electron chi connectivity index (χ0n) is 10.6. The molecule has 0 fully saturated rings. The van der Waals surface area contributed by atoms with E-state index in [1.54, 1.807) is 12.1 Å². The van der Waals surface area contributed by atoms with Crippen molar-refractivity contribution in [2.45, 2.75) is 31.4 Å². The molecular weight excluding hydrogens is 250 g/mol. The Labute approximate surface area is 110 Å². The van der Waals surface area contributed by atoms with E-state index in [0.717, 1.165) is 0 Å². The zero-order chi connectivity index (χ0) is 13.8. The molecule has 0 aromatic carbocycles. The standard InChI is InChI=1S/C12H15N3O2S/c1-12(2,3)17-11(16)7-18-10-5-4-8(14)9(6-13)15-10/h4-5H,7,14H2,1-3H3. The summed E-state index contributed by atoms with van der Waals surface area (Å²) in [6.45, 7) is 5.43. The van der Waals surface area contributed by atoms with Crippen molar-refractivity contribution >= 4 is 23.4 Å². The maximum Gasteiger partial charge on any atom is 0.316 e. The van der Waals surface area contributed by atoms with E-state index in [1.165, 1.54) is 11.8 Å². The molecule has 0 aliphatic heterocycles. The average molecular weight is 265 g/mol. The van der Waals surface area contributed by atoms with E-state index in [9.17, 15) is 4.79 Å². The van der Waals surface area contributed by atoms with E-state index in [1.807, 2.05) is 26.8 Å². The van der Waals surface area contributed by atoms with Crippen LogP contribution in [0.5, 0.6) is 0 Å². The molecule has 0 atom stereocenters. The lowest BCUT2D eigenvalue weighted by molar-refractivity contribution is -0.151. The lowest BCUT2D eigenvalue weighted by atomic mass is 10.2. The van der Waals surface area contributed by atoms with Gasteiger partial charge in [-0.05, 0) is 32.9 Å². The number of ether oxygens (including phenoxy) is 1. The molecule has 0 aliphatic rings. The summed E-state index contributed by atoms with van der Waals surface area (Å²) in [7, 11) is 0. The van der Waals surface area contributed by atoms with Crippen molar-refractivity contribution in [2.75, 3.05) is 11.5 Å². The minimum atomic E-state index is -0.496. The van der Waals surface area contributed by atoms with Gasteiger partial charge in [0.1, 0.15) is 11.7 Å². The second-order valence-corrected chi connectivity index (χ2v) is 5.57.